The minimum atomic E-state index is -1.86. The van der Waals surface area contributed by atoms with Crippen LogP contribution in [0.2, 0.25) is 0 Å². The Morgan fingerprint density at radius 1 is 1.18 bits per heavy atom. The van der Waals surface area contributed by atoms with Crippen molar-refractivity contribution in [3.05, 3.63) is 57.8 Å². The number of benzene rings is 1. The topological polar surface area (TPSA) is 151 Å². The minimum Gasteiger partial charge on any atom is -0.501 e. The number of amides is 1. The summed E-state index contributed by atoms with van der Waals surface area (Å²) in [6.07, 6.45) is -1.26. The molecule has 33 heavy (non-hydrogen) atoms. The van der Waals surface area contributed by atoms with Gasteiger partial charge in [0, 0.05) is 0 Å². The van der Waals surface area contributed by atoms with Crippen LogP contribution in [0.15, 0.2) is 35.1 Å². The van der Waals surface area contributed by atoms with Gasteiger partial charge >= 0.3 is 12.1 Å². The van der Waals surface area contributed by atoms with Gasteiger partial charge in [-0.3, -0.25) is 4.79 Å². The number of aliphatic hydroxyl groups is 1. The van der Waals surface area contributed by atoms with Crippen molar-refractivity contribution in [3.8, 4) is 5.75 Å². The molecule has 11 heteroatoms. The van der Waals surface area contributed by atoms with E-state index in [1.54, 1.807) is 31.2 Å². The minimum absolute atomic E-state index is 0.0157. The smallest absolute Gasteiger partial charge is 0.408 e. The standard InChI is InChI=1S/C22H26FN3O7/c1-2-32-18(30)15-16(28)17(29)25-19(24-15)22(10-8-21(23,13-27)9-11-22)26-20(31)33-12-14-6-4-3-5-7-14/h3-7,27-28H,2,8-13H2,1H3,(H,26,31)(H,24,25,29). The second-order valence-corrected chi connectivity index (χ2v) is 7.91. The van der Waals surface area contributed by atoms with Crippen LogP contribution in [0.5, 0.6) is 5.75 Å². The maximum absolute atomic E-state index is 14.7. The number of carbonyl (C=O) groups excluding carboxylic acids is 2. The predicted octanol–water partition coefficient (Wildman–Crippen LogP) is 2.05. The molecule has 1 heterocycles. The number of nitrogens with one attached hydrogen (secondary N) is 2. The Morgan fingerprint density at radius 3 is 2.45 bits per heavy atom. The molecule has 10 nitrogen and oxygen atoms in total. The molecule has 1 aliphatic carbocycles. The molecule has 0 unspecified atom stereocenters. The maximum Gasteiger partial charge on any atom is 0.408 e. The number of H-pyrrole nitrogens is 1. The molecule has 0 bridgehead atoms. The fourth-order valence-electron chi connectivity index (χ4n) is 3.69. The monoisotopic (exact) mass is 463 g/mol. The number of alkyl halides is 1. The number of hydrogen-bond donors (Lipinski definition) is 4. The van der Waals surface area contributed by atoms with Gasteiger partial charge in [0.25, 0.3) is 5.56 Å². The lowest BCUT2D eigenvalue weighted by Crippen LogP contribution is -2.53. The predicted molar refractivity (Wildman–Crippen MR) is 113 cm³/mol. The first kappa shape index (κ1) is 24.2. The second kappa shape index (κ2) is 9.99. The molecule has 1 saturated carbocycles. The lowest BCUT2D eigenvalue weighted by atomic mass is 9.74. The van der Waals surface area contributed by atoms with Crippen molar-refractivity contribution in [2.45, 2.75) is 50.4 Å². The number of aromatic nitrogens is 2. The lowest BCUT2D eigenvalue weighted by Gasteiger charge is -2.41. The third-order valence-electron chi connectivity index (χ3n) is 5.65. The van der Waals surface area contributed by atoms with Crippen LogP contribution in [0.1, 0.15) is 54.5 Å². The van der Waals surface area contributed by atoms with Crippen LogP contribution < -0.4 is 10.9 Å². The molecule has 3 rings (SSSR count). The van der Waals surface area contributed by atoms with Crippen LogP contribution in [0.3, 0.4) is 0 Å². The number of aliphatic hydroxyl groups excluding tert-OH is 1. The van der Waals surface area contributed by atoms with Crippen molar-refractivity contribution < 1.29 is 33.7 Å². The number of alkyl carbamates (subject to hydrolysis) is 1. The van der Waals surface area contributed by atoms with Gasteiger partial charge in [0.05, 0.1) is 13.2 Å². The van der Waals surface area contributed by atoms with Gasteiger partial charge in [-0.25, -0.2) is 19.0 Å². The first-order valence-electron chi connectivity index (χ1n) is 10.5. The zero-order chi connectivity index (χ0) is 24.1. The van der Waals surface area contributed by atoms with Crippen LogP contribution in [0.4, 0.5) is 9.18 Å². The van der Waals surface area contributed by atoms with E-state index in [9.17, 15) is 29.0 Å². The third kappa shape index (κ3) is 5.48. The van der Waals surface area contributed by atoms with Gasteiger partial charge in [0.2, 0.25) is 5.75 Å². The van der Waals surface area contributed by atoms with Crippen molar-refractivity contribution in [1.29, 1.82) is 0 Å². The van der Waals surface area contributed by atoms with Crippen molar-refractivity contribution in [1.82, 2.24) is 15.3 Å². The summed E-state index contributed by atoms with van der Waals surface area (Å²) < 4.78 is 24.8. The number of ether oxygens (including phenoxy) is 2. The van der Waals surface area contributed by atoms with E-state index in [0.29, 0.717) is 0 Å². The van der Waals surface area contributed by atoms with Gasteiger partial charge in [-0.1, -0.05) is 30.3 Å². The molecular weight excluding hydrogens is 437 g/mol. The number of rotatable bonds is 7. The Labute approximate surface area is 188 Å². The van der Waals surface area contributed by atoms with E-state index in [1.165, 1.54) is 0 Å². The molecule has 1 aliphatic rings. The van der Waals surface area contributed by atoms with Crippen molar-refractivity contribution in [2.75, 3.05) is 13.2 Å². The fraction of sp³-hybridized carbons (Fsp3) is 0.455. The zero-order valence-electron chi connectivity index (χ0n) is 18.1. The van der Waals surface area contributed by atoms with Crippen LogP contribution in [0.25, 0.3) is 0 Å². The summed E-state index contributed by atoms with van der Waals surface area (Å²) in [6.45, 7) is 0.805. The van der Waals surface area contributed by atoms with Gasteiger partial charge < -0.3 is 30.0 Å². The average Bonchev–Trinajstić information content (AvgIpc) is 2.82. The second-order valence-electron chi connectivity index (χ2n) is 7.91. The molecule has 178 valence electrons. The Hall–Kier alpha value is -3.47. The molecule has 0 atom stereocenters. The molecule has 2 aromatic rings. The molecule has 0 radical (unpaired) electrons. The molecule has 1 amide bonds. The van der Waals surface area contributed by atoms with E-state index in [2.05, 4.69) is 15.3 Å². The molecule has 1 fully saturated rings. The third-order valence-corrected chi connectivity index (χ3v) is 5.65. The SMILES string of the molecule is CCOC(=O)c1nc(C2(NC(=O)OCc3ccccc3)CCC(F)(CO)CC2)[nH]c(=O)c1O. The molecule has 1 aromatic heterocycles. The van der Waals surface area contributed by atoms with Crippen molar-refractivity contribution >= 4 is 12.1 Å². The fourth-order valence-corrected chi connectivity index (χ4v) is 3.69. The summed E-state index contributed by atoms with van der Waals surface area (Å²) in [6, 6.07) is 8.94. The maximum atomic E-state index is 14.7. The Bertz CT molecular complexity index is 1050. The van der Waals surface area contributed by atoms with Gasteiger partial charge in [-0.15, -0.1) is 0 Å². The highest BCUT2D eigenvalue weighted by Gasteiger charge is 2.47. The van der Waals surface area contributed by atoms with E-state index in [-0.39, 0.29) is 44.7 Å². The van der Waals surface area contributed by atoms with Gasteiger partial charge in [-0.05, 0) is 38.2 Å². The molecule has 4 N–H and O–H groups in total. The largest absolute Gasteiger partial charge is 0.501 e. The average molecular weight is 463 g/mol. The molecule has 0 saturated heterocycles. The Morgan fingerprint density at radius 2 is 1.85 bits per heavy atom. The number of esters is 1. The van der Waals surface area contributed by atoms with E-state index < -0.39 is 46.9 Å². The first-order chi connectivity index (χ1) is 15.7. The molecule has 0 spiro atoms. The highest BCUT2D eigenvalue weighted by atomic mass is 19.1. The van der Waals surface area contributed by atoms with Gasteiger partial charge in [0.1, 0.15) is 23.6 Å². The van der Waals surface area contributed by atoms with Crippen LogP contribution in [-0.2, 0) is 21.6 Å². The van der Waals surface area contributed by atoms with Crippen molar-refractivity contribution in [3.63, 3.8) is 0 Å². The number of aromatic amines is 1. The number of nitrogens with zero attached hydrogens (tertiary/aromatic N) is 1. The lowest BCUT2D eigenvalue weighted by molar-refractivity contribution is 0.00457. The molecule has 1 aromatic carbocycles. The molecular formula is C22H26FN3O7. The quantitative estimate of drug-likeness (QED) is 0.456. The Balaban J connectivity index is 1.92. The highest BCUT2D eigenvalue weighted by Crippen LogP contribution is 2.42. The summed E-state index contributed by atoms with van der Waals surface area (Å²) in [7, 11) is 0. The van der Waals surface area contributed by atoms with E-state index in [1.807, 2.05) is 6.07 Å². The zero-order valence-corrected chi connectivity index (χ0v) is 18.1. The number of aromatic hydroxyl groups is 1. The van der Waals surface area contributed by atoms with Gasteiger partial charge in [0.15, 0.2) is 5.69 Å². The van der Waals surface area contributed by atoms with Crippen LogP contribution in [0, 0.1) is 0 Å². The summed E-state index contributed by atoms with van der Waals surface area (Å²) in [5, 5.41) is 22.0. The van der Waals surface area contributed by atoms with Crippen LogP contribution >= 0.6 is 0 Å². The van der Waals surface area contributed by atoms with Crippen molar-refractivity contribution in [2.24, 2.45) is 0 Å². The normalized spacial score (nSPS) is 22.4. The van der Waals surface area contributed by atoms with Crippen LogP contribution in [-0.4, -0.2) is 51.1 Å². The van der Waals surface area contributed by atoms with E-state index >= 15 is 0 Å². The van der Waals surface area contributed by atoms with E-state index in [0.717, 1.165) is 5.56 Å². The summed E-state index contributed by atoms with van der Waals surface area (Å²) in [4.78, 5) is 43.6. The highest BCUT2D eigenvalue weighted by molar-refractivity contribution is 5.90. The number of carbonyl (C=O) groups is 2. The van der Waals surface area contributed by atoms with Gasteiger partial charge in [-0.2, -0.15) is 0 Å². The summed E-state index contributed by atoms with van der Waals surface area (Å²) in [5.41, 5.74) is -4.16. The number of halogens is 1. The molecule has 0 aliphatic heterocycles. The summed E-state index contributed by atoms with van der Waals surface area (Å²) in [5.74, 6) is -2.09. The Kier molecular flexibility index (Phi) is 7.32. The first-order valence-corrected chi connectivity index (χ1v) is 10.5. The number of hydrogen-bond acceptors (Lipinski definition) is 8. The van der Waals surface area contributed by atoms with E-state index in [4.69, 9.17) is 9.47 Å². The summed E-state index contributed by atoms with van der Waals surface area (Å²) >= 11 is 0.